The summed E-state index contributed by atoms with van der Waals surface area (Å²) in [4.78, 5) is 0. The number of methoxy groups -OCH3 is 1. The number of hydrogen-bond donors (Lipinski definition) is 2. The Balaban J connectivity index is 2.11. The largest absolute Gasteiger partial charge is 0.390 e. The zero-order valence-corrected chi connectivity index (χ0v) is 6.30. The molecule has 0 aliphatic carbocycles. The average molecular weight is 160 g/mol. The Labute approximate surface area is 64.7 Å². The van der Waals surface area contributed by atoms with Crippen molar-refractivity contribution in [2.75, 3.05) is 7.11 Å². The van der Waals surface area contributed by atoms with Crippen molar-refractivity contribution in [1.82, 2.24) is 0 Å². The van der Waals surface area contributed by atoms with Crippen molar-refractivity contribution >= 4 is 0 Å². The van der Waals surface area contributed by atoms with Gasteiger partial charge in [-0.3, -0.25) is 0 Å². The molecule has 2 saturated heterocycles. The number of ether oxygens (including phenoxy) is 2. The van der Waals surface area contributed by atoms with E-state index in [1.165, 1.54) is 0 Å². The van der Waals surface area contributed by atoms with Crippen LogP contribution in [0.4, 0.5) is 0 Å². The van der Waals surface area contributed by atoms with E-state index in [9.17, 15) is 10.2 Å². The van der Waals surface area contributed by atoms with Gasteiger partial charge in [-0.2, -0.15) is 0 Å². The van der Waals surface area contributed by atoms with E-state index in [0.29, 0.717) is 6.42 Å². The van der Waals surface area contributed by atoms with Crippen molar-refractivity contribution < 1.29 is 19.7 Å². The van der Waals surface area contributed by atoms with Crippen molar-refractivity contribution in [3.8, 4) is 0 Å². The topological polar surface area (TPSA) is 58.9 Å². The van der Waals surface area contributed by atoms with Gasteiger partial charge >= 0.3 is 0 Å². The molecule has 4 heteroatoms. The molecule has 0 saturated carbocycles. The second-order valence-corrected chi connectivity index (χ2v) is 3.13. The first-order chi connectivity index (χ1) is 5.24. The summed E-state index contributed by atoms with van der Waals surface area (Å²) in [6, 6.07) is 0. The highest BCUT2D eigenvalue weighted by molar-refractivity contribution is 5.02. The molecule has 0 aromatic heterocycles. The maximum atomic E-state index is 9.44. The molecule has 0 radical (unpaired) electrons. The first-order valence-electron chi connectivity index (χ1n) is 3.78. The van der Waals surface area contributed by atoms with E-state index in [1.54, 1.807) is 7.11 Å². The average Bonchev–Trinajstić information content (AvgIpc) is 2.44. The fourth-order valence-electron chi connectivity index (χ4n) is 1.94. The zero-order valence-electron chi connectivity index (χ0n) is 6.30. The van der Waals surface area contributed by atoms with E-state index in [4.69, 9.17) is 9.47 Å². The van der Waals surface area contributed by atoms with Crippen LogP contribution in [0.5, 0.6) is 0 Å². The van der Waals surface area contributed by atoms with Gasteiger partial charge in [-0.05, 0) is 0 Å². The summed E-state index contributed by atoms with van der Waals surface area (Å²) in [5.74, 6) is 0. The molecular weight excluding hydrogens is 148 g/mol. The molecule has 0 aromatic rings. The Hall–Kier alpha value is -0.160. The Morgan fingerprint density at radius 1 is 1.45 bits per heavy atom. The molecule has 11 heavy (non-hydrogen) atoms. The normalized spacial score (nSPS) is 55.4. The fourth-order valence-corrected chi connectivity index (χ4v) is 1.94. The van der Waals surface area contributed by atoms with Gasteiger partial charge in [-0.25, -0.2) is 0 Å². The summed E-state index contributed by atoms with van der Waals surface area (Å²) in [7, 11) is 1.55. The van der Waals surface area contributed by atoms with Crippen LogP contribution in [-0.2, 0) is 9.47 Å². The summed E-state index contributed by atoms with van der Waals surface area (Å²) in [5, 5.41) is 18.7. The van der Waals surface area contributed by atoms with Gasteiger partial charge in [0.2, 0.25) is 0 Å². The van der Waals surface area contributed by atoms with Crippen molar-refractivity contribution in [2.45, 2.75) is 36.9 Å². The van der Waals surface area contributed by atoms with Crippen LogP contribution in [-0.4, -0.2) is 47.8 Å². The molecule has 0 amide bonds. The smallest absolute Gasteiger partial charge is 0.112 e. The lowest BCUT2D eigenvalue weighted by atomic mass is 9.92. The number of aliphatic hydroxyl groups is 2. The molecule has 0 spiro atoms. The molecular formula is C7H12O4. The van der Waals surface area contributed by atoms with Crippen molar-refractivity contribution in [3.05, 3.63) is 0 Å². The van der Waals surface area contributed by atoms with E-state index in [-0.39, 0.29) is 12.2 Å². The van der Waals surface area contributed by atoms with Crippen molar-refractivity contribution in [1.29, 1.82) is 0 Å². The molecule has 2 fully saturated rings. The summed E-state index contributed by atoms with van der Waals surface area (Å²) in [6.07, 6.45) is -1.38. The molecule has 4 nitrogen and oxygen atoms in total. The molecule has 2 aliphatic heterocycles. The van der Waals surface area contributed by atoms with Crippen LogP contribution < -0.4 is 0 Å². The summed E-state index contributed by atoms with van der Waals surface area (Å²) in [5.41, 5.74) is 0. The third kappa shape index (κ3) is 0.906. The Morgan fingerprint density at radius 2 is 2.18 bits per heavy atom. The maximum absolute atomic E-state index is 9.44. The lowest BCUT2D eigenvalue weighted by molar-refractivity contribution is -0.0488. The van der Waals surface area contributed by atoms with E-state index in [0.717, 1.165) is 0 Å². The van der Waals surface area contributed by atoms with Gasteiger partial charge in [0.25, 0.3) is 0 Å². The number of rotatable bonds is 1. The first kappa shape index (κ1) is 7.49. The fraction of sp³-hybridized carbons (Fsp3) is 1.00. The Morgan fingerprint density at radius 3 is 2.64 bits per heavy atom. The molecule has 5 atom stereocenters. The molecule has 64 valence electrons. The Kier molecular flexibility index (Phi) is 1.64. The molecule has 5 unspecified atom stereocenters. The summed E-state index contributed by atoms with van der Waals surface area (Å²) in [6.45, 7) is 0. The second kappa shape index (κ2) is 2.42. The van der Waals surface area contributed by atoms with E-state index < -0.39 is 18.3 Å². The predicted octanol–water partition coefficient (Wildman–Crippen LogP) is -1.11. The molecule has 2 aliphatic rings. The highest BCUT2D eigenvalue weighted by atomic mass is 16.6. The maximum Gasteiger partial charge on any atom is 0.112 e. The molecule has 0 aromatic carbocycles. The van der Waals surface area contributed by atoms with Gasteiger partial charge < -0.3 is 19.7 Å². The van der Waals surface area contributed by atoms with Gasteiger partial charge in [0.1, 0.15) is 18.3 Å². The van der Waals surface area contributed by atoms with Crippen LogP contribution in [0.1, 0.15) is 6.42 Å². The van der Waals surface area contributed by atoms with Crippen LogP contribution in [0.15, 0.2) is 0 Å². The predicted molar refractivity (Wildman–Crippen MR) is 36.1 cm³/mol. The monoisotopic (exact) mass is 160 g/mol. The van der Waals surface area contributed by atoms with Gasteiger partial charge in [-0.15, -0.1) is 0 Å². The molecule has 2 N–H and O–H groups in total. The minimum atomic E-state index is -0.659. The van der Waals surface area contributed by atoms with E-state index >= 15 is 0 Å². The molecule has 2 rings (SSSR count). The number of hydrogen-bond acceptors (Lipinski definition) is 4. The highest BCUT2D eigenvalue weighted by Gasteiger charge is 2.53. The first-order valence-corrected chi connectivity index (χ1v) is 3.78. The molecule has 2 heterocycles. The number of aliphatic hydroxyl groups excluding tert-OH is 2. The highest BCUT2D eigenvalue weighted by Crippen LogP contribution is 2.36. The van der Waals surface area contributed by atoms with E-state index in [2.05, 4.69) is 0 Å². The minimum Gasteiger partial charge on any atom is -0.390 e. The third-order valence-corrected chi connectivity index (χ3v) is 2.50. The quantitative estimate of drug-likeness (QED) is 0.511. The number of fused-ring (bicyclic) bond motifs is 2. The Bertz CT molecular complexity index is 157. The van der Waals surface area contributed by atoms with Crippen LogP contribution in [0.25, 0.3) is 0 Å². The second-order valence-electron chi connectivity index (χ2n) is 3.13. The summed E-state index contributed by atoms with van der Waals surface area (Å²) < 4.78 is 10.3. The van der Waals surface area contributed by atoms with Crippen LogP contribution >= 0.6 is 0 Å². The van der Waals surface area contributed by atoms with Gasteiger partial charge in [0, 0.05) is 13.5 Å². The van der Waals surface area contributed by atoms with Crippen molar-refractivity contribution in [2.24, 2.45) is 0 Å². The van der Waals surface area contributed by atoms with Gasteiger partial charge in [0.05, 0.1) is 12.2 Å². The van der Waals surface area contributed by atoms with Crippen molar-refractivity contribution in [3.63, 3.8) is 0 Å². The SMILES string of the molecule is COC1C2CC(O)C(O2)C1O. The lowest BCUT2D eigenvalue weighted by Crippen LogP contribution is -2.44. The zero-order chi connectivity index (χ0) is 8.01. The van der Waals surface area contributed by atoms with E-state index in [1.807, 2.05) is 0 Å². The van der Waals surface area contributed by atoms with Crippen LogP contribution in [0, 0.1) is 0 Å². The minimum absolute atomic E-state index is 0.116. The van der Waals surface area contributed by atoms with Gasteiger partial charge in [-0.1, -0.05) is 0 Å². The standard InChI is InChI=1S/C7H12O4/c1-10-7-4-2-3(8)6(11-4)5(7)9/h3-9H,2H2,1H3. The molecule has 2 bridgehead atoms. The van der Waals surface area contributed by atoms with Crippen LogP contribution in [0.3, 0.4) is 0 Å². The third-order valence-electron chi connectivity index (χ3n) is 2.50. The van der Waals surface area contributed by atoms with Crippen LogP contribution in [0.2, 0.25) is 0 Å². The summed E-state index contributed by atoms with van der Waals surface area (Å²) >= 11 is 0. The lowest BCUT2D eigenvalue weighted by Gasteiger charge is -2.25. The van der Waals surface area contributed by atoms with Gasteiger partial charge in [0.15, 0.2) is 0 Å².